The number of aliphatic hydroxyl groups excluding tert-OH is 1. The van der Waals surface area contributed by atoms with Gasteiger partial charge in [-0.05, 0) is 64.3 Å². The third-order valence-corrected chi connectivity index (χ3v) is 9.84. The van der Waals surface area contributed by atoms with E-state index < -0.39 is 28.7 Å². The summed E-state index contributed by atoms with van der Waals surface area (Å²) in [5, 5.41) is 13.1. The number of anilines is 2. The predicted octanol–water partition coefficient (Wildman–Crippen LogP) is 2.90. The zero-order chi connectivity index (χ0) is 25.3. The summed E-state index contributed by atoms with van der Waals surface area (Å²) in [5.74, 6) is -1.98. The fourth-order valence-corrected chi connectivity index (χ4v) is 8.45. The first-order valence-corrected chi connectivity index (χ1v) is 13.7. The van der Waals surface area contributed by atoms with E-state index >= 15 is 0 Å². The van der Waals surface area contributed by atoms with Crippen LogP contribution in [0, 0.1) is 11.8 Å². The van der Waals surface area contributed by atoms with Crippen LogP contribution in [-0.4, -0.2) is 76.2 Å². The third-order valence-electron chi connectivity index (χ3n) is 7.88. The summed E-state index contributed by atoms with van der Waals surface area (Å²) in [6.45, 7) is 9.67. The van der Waals surface area contributed by atoms with E-state index in [1.165, 1.54) is 0 Å². The number of carbonyl (C=O) groups excluding carboxylic acids is 3. The van der Waals surface area contributed by atoms with Crippen LogP contribution in [-0.2, 0) is 19.1 Å². The van der Waals surface area contributed by atoms with E-state index in [9.17, 15) is 19.5 Å². The quantitative estimate of drug-likeness (QED) is 0.474. The minimum Gasteiger partial charge on any atom is -0.466 e. The summed E-state index contributed by atoms with van der Waals surface area (Å²) in [4.78, 5) is 44.3. The molecule has 3 saturated heterocycles. The van der Waals surface area contributed by atoms with Gasteiger partial charge in [-0.25, -0.2) is 0 Å². The molecule has 2 bridgehead atoms. The highest BCUT2D eigenvalue weighted by molar-refractivity contribution is 8.02. The Morgan fingerprint density at radius 2 is 1.91 bits per heavy atom. The van der Waals surface area contributed by atoms with Crippen molar-refractivity contribution in [2.24, 2.45) is 11.8 Å². The molecule has 1 aromatic rings. The summed E-state index contributed by atoms with van der Waals surface area (Å²) < 4.78 is 4.66. The van der Waals surface area contributed by atoms with Crippen molar-refractivity contribution in [3.05, 3.63) is 24.3 Å². The molecule has 3 aliphatic heterocycles. The molecule has 0 aliphatic carbocycles. The summed E-state index contributed by atoms with van der Waals surface area (Å²) >= 11 is 1.60. The summed E-state index contributed by atoms with van der Waals surface area (Å²) in [7, 11) is 0. The lowest BCUT2D eigenvalue weighted by atomic mass is 9.71. The lowest BCUT2D eigenvalue weighted by Gasteiger charge is -2.36. The summed E-state index contributed by atoms with van der Waals surface area (Å²) in [6.07, 6.45) is 1.97. The molecule has 3 fully saturated rings. The summed E-state index contributed by atoms with van der Waals surface area (Å²) in [6, 6.07) is 6.49. The van der Waals surface area contributed by atoms with Gasteiger partial charge in [0.2, 0.25) is 11.8 Å². The van der Waals surface area contributed by atoms with Gasteiger partial charge in [-0.3, -0.25) is 14.4 Å². The number of nitrogens with zero attached hydrogens (tertiary/aromatic N) is 2. The van der Waals surface area contributed by atoms with Crippen LogP contribution < -0.4 is 10.2 Å². The maximum atomic E-state index is 13.8. The van der Waals surface area contributed by atoms with E-state index in [2.05, 4.69) is 24.1 Å². The molecule has 3 aliphatic rings. The van der Waals surface area contributed by atoms with E-state index in [0.29, 0.717) is 18.5 Å². The fraction of sp³-hybridized carbons (Fsp3) is 0.654. The Bertz CT molecular complexity index is 949. The number of aliphatic hydroxyl groups is 1. The van der Waals surface area contributed by atoms with Crippen molar-refractivity contribution in [3.63, 3.8) is 0 Å². The topological polar surface area (TPSA) is 99.2 Å². The van der Waals surface area contributed by atoms with Crippen LogP contribution in [0.5, 0.6) is 0 Å². The van der Waals surface area contributed by atoms with Gasteiger partial charge in [0, 0.05) is 29.7 Å². The van der Waals surface area contributed by atoms with Gasteiger partial charge in [0.1, 0.15) is 6.04 Å². The summed E-state index contributed by atoms with van der Waals surface area (Å²) in [5.41, 5.74) is 1.74. The Kier molecular flexibility index (Phi) is 7.66. The zero-order valence-electron chi connectivity index (χ0n) is 21.0. The predicted molar refractivity (Wildman–Crippen MR) is 137 cm³/mol. The third kappa shape index (κ3) is 4.20. The van der Waals surface area contributed by atoms with Gasteiger partial charge in [0.25, 0.3) is 0 Å². The number of nitrogens with one attached hydrogen (secondary N) is 1. The number of hydrogen-bond acceptors (Lipinski definition) is 7. The molecular weight excluding hydrogens is 466 g/mol. The normalized spacial score (nSPS) is 29.7. The van der Waals surface area contributed by atoms with Crippen LogP contribution in [0.3, 0.4) is 0 Å². The molecular formula is C26H37N3O5S. The smallest absolute Gasteiger partial charge is 0.310 e. The zero-order valence-corrected chi connectivity index (χ0v) is 21.8. The number of carbonyl (C=O) groups is 3. The molecule has 3 heterocycles. The minimum atomic E-state index is -0.756. The van der Waals surface area contributed by atoms with Crippen molar-refractivity contribution >= 4 is 40.9 Å². The molecule has 0 saturated carbocycles. The van der Waals surface area contributed by atoms with Gasteiger partial charge >= 0.3 is 5.97 Å². The Balaban J connectivity index is 1.65. The van der Waals surface area contributed by atoms with Crippen molar-refractivity contribution < 1.29 is 24.2 Å². The van der Waals surface area contributed by atoms with Gasteiger partial charge in [-0.1, -0.05) is 6.92 Å². The van der Waals surface area contributed by atoms with Crippen LogP contribution in [0.4, 0.5) is 11.4 Å². The van der Waals surface area contributed by atoms with Gasteiger partial charge in [-0.2, -0.15) is 0 Å². The maximum Gasteiger partial charge on any atom is 0.310 e. The molecule has 192 valence electrons. The number of thioether (sulfide) groups is 1. The molecule has 35 heavy (non-hydrogen) atoms. The van der Waals surface area contributed by atoms with Gasteiger partial charge in [-0.15, -0.1) is 11.8 Å². The van der Waals surface area contributed by atoms with E-state index in [-0.39, 0.29) is 36.2 Å². The average Bonchev–Trinajstić information content (AvgIpc) is 3.50. The number of likely N-dealkylation sites (tertiary alicyclic amines) is 1. The number of fused-ring (bicyclic) bond motifs is 1. The molecule has 8 nitrogen and oxygen atoms in total. The van der Waals surface area contributed by atoms with E-state index in [0.717, 1.165) is 25.2 Å². The first-order valence-electron chi connectivity index (χ1n) is 12.8. The van der Waals surface area contributed by atoms with Gasteiger partial charge in [0.15, 0.2) is 0 Å². The highest BCUT2D eigenvalue weighted by Crippen LogP contribution is 2.66. The van der Waals surface area contributed by atoms with Gasteiger partial charge in [0.05, 0.1) is 35.8 Å². The molecule has 2 unspecified atom stereocenters. The molecule has 1 aromatic carbocycles. The second kappa shape index (κ2) is 10.4. The number of benzene rings is 1. The Hall–Kier alpha value is -2.26. The lowest BCUT2D eigenvalue weighted by Crippen LogP contribution is -2.54. The Morgan fingerprint density at radius 3 is 2.49 bits per heavy atom. The number of hydrogen-bond donors (Lipinski definition) is 2. The van der Waals surface area contributed by atoms with Crippen molar-refractivity contribution in [1.82, 2.24) is 4.90 Å². The molecule has 2 N–H and O–H groups in total. The Morgan fingerprint density at radius 1 is 1.23 bits per heavy atom. The van der Waals surface area contributed by atoms with Crippen LogP contribution >= 0.6 is 11.8 Å². The fourth-order valence-electron chi connectivity index (χ4n) is 6.26. The van der Waals surface area contributed by atoms with E-state index in [1.54, 1.807) is 23.6 Å². The maximum absolute atomic E-state index is 13.8. The average molecular weight is 504 g/mol. The number of amides is 2. The van der Waals surface area contributed by atoms with Crippen molar-refractivity contribution in [1.29, 1.82) is 0 Å². The first-order chi connectivity index (χ1) is 16.9. The molecule has 0 aromatic heterocycles. The molecule has 1 spiro atoms. The second-order valence-corrected chi connectivity index (χ2v) is 11.1. The minimum absolute atomic E-state index is 0.0250. The standard InChI is InChI=1S/C26H37N3O5S/c1-5-17(15-30)29-22(23(31)27-16-9-11-18(12-10-16)28(6-2)7-3)26-14-13-19(35-26)20(21(26)24(29)32)25(33)34-8-4/h9-12,17,19-22,30H,5-8,13-15H2,1-4H3,(H,27,31)/t17-,19-,20+,21-,22?,26?/m0/s1. The van der Waals surface area contributed by atoms with Crippen molar-refractivity contribution in [2.45, 2.75) is 69.0 Å². The molecule has 0 radical (unpaired) electrons. The van der Waals surface area contributed by atoms with Crippen molar-refractivity contribution in [2.75, 3.05) is 36.5 Å². The van der Waals surface area contributed by atoms with Crippen LogP contribution in [0.15, 0.2) is 24.3 Å². The SMILES string of the molecule is CCOC(=O)[C@@H]1[C@@H]2CCC3(S2)C(C(=O)Nc2ccc(N(CC)CC)cc2)N([C@@H](CC)CO)C(=O)[C@H]13. The molecule has 6 atom stereocenters. The Labute approximate surface area is 211 Å². The monoisotopic (exact) mass is 503 g/mol. The highest BCUT2D eigenvalue weighted by atomic mass is 32.2. The van der Waals surface area contributed by atoms with Crippen LogP contribution in [0.2, 0.25) is 0 Å². The van der Waals surface area contributed by atoms with E-state index in [1.807, 2.05) is 31.2 Å². The molecule has 2 amide bonds. The lowest BCUT2D eigenvalue weighted by molar-refractivity contribution is -0.154. The van der Waals surface area contributed by atoms with Gasteiger partial charge < -0.3 is 25.0 Å². The van der Waals surface area contributed by atoms with Crippen LogP contribution in [0.1, 0.15) is 47.0 Å². The van der Waals surface area contributed by atoms with Crippen LogP contribution in [0.25, 0.3) is 0 Å². The number of rotatable bonds is 10. The van der Waals surface area contributed by atoms with Crippen molar-refractivity contribution in [3.8, 4) is 0 Å². The highest BCUT2D eigenvalue weighted by Gasteiger charge is 2.74. The largest absolute Gasteiger partial charge is 0.466 e. The second-order valence-electron chi connectivity index (χ2n) is 9.51. The number of esters is 1. The first kappa shape index (κ1) is 25.8. The van der Waals surface area contributed by atoms with E-state index in [4.69, 9.17) is 4.74 Å². The molecule has 4 rings (SSSR count). The molecule has 9 heteroatoms. The number of ether oxygens (including phenoxy) is 1.